The maximum absolute atomic E-state index is 14.0. The molecule has 1 aliphatic rings. The maximum Gasteiger partial charge on any atom is 0.163 e. The molecule has 2 aromatic heterocycles. The average molecular weight is 385 g/mol. The van der Waals surface area contributed by atoms with Gasteiger partial charge in [-0.1, -0.05) is 23.7 Å². The lowest BCUT2D eigenvalue weighted by atomic mass is 10.1. The first kappa shape index (κ1) is 17.8. The van der Waals surface area contributed by atoms with Crippen molar-refractivity contribution < 1.29 is 9.50 Å². The summed E-state index contributed by atoms with van der Waals surface area (Å²) in [6.07, 6.45) is 1.53. The Hall–Kier alpha value is -2.57. The number of hydrogen-bond donors (Lipinski definition) is 1. The molecule has 1 aromatic carbocycles. The van der Waals surface area contributed by atoms with Crippen LogP contribution < -0.4 is 4.90 Å². The van der Waals surface area contributed by atoms with Gasteiger partial charge in [0.2, 0.25) is 0 Å². The molecule has 2 atom stereocenters. The first-order valence-corrected chi connectivity index (χ1v) is 9.10. The van der Waals surface area contributed by atoms with Crippen LogP contribution in [0.1, 0.15) is 6.42 Å². The summed E-state index contributed by atoms with van der Waals surface area (Å²) in [7, 11) is 0. The number of nitrogens with zero attached hydrogens (tertiary/aromatic N) is 4. The molecule has 3 aromatic rings. The van der Waals surface area contributed by atoms with E-state index in [0.29, 0.717) is 29.6 Å². The monoisotopic (exact) mass is 384 g/mol. The molecule has 0 bridgehead atoms. The van der Waals surface area contributed by atoms with Gasteiger partial charge < -0.3 is 10.0 Å². The highest BCUT2D eigenvalue weighted by Gasteiger charge is 2.28. The van der Waals surface area contributed by atoms with Gasteiger partial charge in [-0.3, -0.25) is 4.98 Å². The summed E-state index contributed by atoms with van der Waals surface area (Å²) in [6, 6.07) is 12.9. The van der Waals surface area contributed by atoms with Crippen molar-refractivity contribution in [1.29, 1.82) is 0 Å². The van der Waals surface area contributed by atoms with E-state index in [1.807, 2.05) is 35.2 Å². The third-order valence-electron chi connectivity index (χ3n) is 4.60. The molecule has 4 rings (SSSR count). The predicted molar refractivity (Wildman–Crippen MR) is 103 cm³/mol. The molecular weight excluding hydrogens is 367 g/mol. The molecule has 7 heteroatoms. The van der Waals surface area contributed by atoms with Gasteiger partial charge in [0.05, 0.1) is 18.3 Å². The Morgan fingerprint density at radius 2 is 1.93 bits per heavy atom. The molecule has 1 saturated heterocycles. The van der Waals surface area contributed by atoms with E-state index >= 15 is 0 Å². The van der Waals surface area contributed by atoms with Crippen LogP contribution in [0.15, 0.2) is 54.9 Å². The minimum atomic E-state index is -1.30. The van der Waals surface area contributed by atoms with Crippen LogP contribution in [-0.4, -0.2) is 45.4 Å². The average Bonchev–Trinajstić information content (AvgIpc) is 2.71. The number of aliphatic hydroxyl groups is 1. The Morgan fingerprint density at radius 3 is 2.63 bits per heavy atom. The largest absolute Gasteiger partial charge is 0.390 e. The summed E-state index contributed by atoms with van der Waals surface area (Å²) in [6.45, 7) is 0.635. The van der Waals surface area contributed by atoms with Crippen LogP contribution in [0.5, 0.6) is 0 Å². The van der Waals surface area contributed by atoms with Crippen molar-refractivity contribution >= 4 is 17.4 Å². The van der Waals surface area contributed by atoms with Crippen LogP contribution in [-0.2, 0) is 0 Å². The van der Waals surface area contributed by atoms with E-state index in [4.69, 9.17) is 11.6 Å². The zero-order valence-electron chi connectivity index (χ0n) is 14.5. The fourth-order valence-corrected chi connectivity index (χ4v) is 3.22. The SMILES string of the molecule is O[C@H]1CCN(c2cc(-c3ccc(Cl)cc3)nc(-c3cccnc3)n2)C[C@@H]1F. The second kappa shape index (κ2) is 7.58. The maximum atomic E-state index is 14.0. The topological polar surface area (TPSA) is 62.1 Å². The van der Waals surface area contributed by atoms with Gasteiger partial charge in [-0.25, -0.2) is 14.4 Å². The number of anilines is 1. The van der Waals surface area contributed by atoms with Crippen molar-refractivity contribution in [2.24, 2.45) is 0 Å². The molecule has 0 spiro atoms. The normalized spacial score (nSPS) is 19.9. The van der Waals surface area contributed by atoms with Crippen LogP contribution >= 0.6 is 11.6 Å². The van der Waals surface area contributed by atoms with E-state index in [0.717, 1.165) is 16.8 Å². The molecule has 138 valence electrons. The third-order valence-corrected chi connectivity index (χ3v) is 4.86. The van der Waals surface area contributed by atoms with Crippen LogP contribution in [0, 0.1) is 0 Å². The van der Waals surface area contributed by atoms with Gasteiger partial charge in [0.15, 0.2) is 5.82 Å². The minimum Gasteiger partial charge on any atom is -0.390 e. The molecule has 1 fully saturated rings. The van der Waals surface area contributed by atoms with Crippen molar-refractivity contribution in [2.45, 2.75) is 18.7 Å². The smallest absolute Gasteiger partial charge is 0.163 e. The van der Waals surface area contributed by atoms with Crippen molar-refractivity contribution in [1.82, 2.24) is 15.0 Å². The lowest BCUT2D eigenvalue weighted by Gasteiger charge is -2.33. The Kier molecular flexibility index (Phi) is 5.01. The molecule has 0 amide bonds. The number of piperidine rings is 1. The van der Waals surface area contributed by atoms with Gasteiger partial charge in [-0.15, -0.1) is 0 Å². The number of pyridine rings is 1. The quantitative estimate of drug-likeness (QED) is 0.744. The van der Waals surface area contributed by atoms with E-state index in [1.54, 1.807) is 24.5 Å². The second-order valence-corrected chi connectivity index (χ2v) is 6.94. The third kappa shape index (κ3) is 3.91. The molecule has 27 heavy (non-hydrogen) atoms. The summed E-state index contributed by atoms with van der Waals surface area (Å²) in [5.41, 5.74) is 2.39. The van der Waals surface area contributed by atoms with Crippen molar-refractivity contribution in [2.75, 3.05) is 18.0 Å². The van der Waals surface area contributed by atoms with E-state index in [2.05, 4.69) is 15.0 Å². The molecule has 0 unspecified atom stereocenters. The molecule has 5 nitrogen and oxygen atoms in total. The summed E-state index contributed by atoms with van der Waals surface area (Å²) in [5, 5.41) is 10.3. The highest BCUT2D eigenvalue weighted by atomic mass is 35.5. The Balaban J connectivity index is 1.78. The number of rotatable bonds is 3. The summed E-state index contributed by atoms with van der Waals surface area (Å²) in [5.74, 6) is 1.15. The molecule has 0 radical (unpaired) electrons. The first-order chi connectivity index (χ1) is 13.1. The lowest BCUT2D eigenvalue weighted by Crippen LogP contribution is -2.45. The predicted octanol–water partition coefficient (Wildman–Crippen LogP) is 3.77. The zero-order chi connectivity index (χ0) is 18.8. The van der Waals surface area contributed by atoms with Crippen molar-refractivity contribution in [3.63, 3.8) is 0 Å². The number of aromatic nitrogens is 3. The van der Waals surface area contributed by atoms with Crippen molar-refractivity contribution in [3.05, 3.63) is 59.9 Å². The molecule has 0 aliphatic carbocycles. The van der Waals surface area contributed by atoms with E-state index < -0.39 is 12.3 Å². The fourth-order valence-electron chi connectivity index (χ4n) is 3.09. The molecule has 3 heterocycles. The first-order valence-electron chi connectivity index (χ1n) is 8.72. The van der Waals surface area contributed by atoms with Gasteiger partial charge in [-0.2, -0.15) is 0 Å². The Labute approximate surface area is 161 Å². The van der Waals surface area contributed by atoms with E-state index in [-0.39, 0.29) is 6.54 Å². The summed E-state index contributed by atoms with van der Waals surface area (Å²) < 4.78 is 14.0. The minimum absolute atomic E-state index is 0.102. The van der Waals surface area contributed by atoms with Gasteiger partial charge in [0, 0.05) is 41.2 Å². The number of halogens is 2. The highest BCUT2D eigenvalue weighted by Crippen LogP contribution is 2.28. The number of benzene rings is 1. The number of aliphatic hydroxyl groups excluding tert-OH is 1. The van der Waals surface area contributed by atoms with Gasteiger partial charge >= 0.3 is 0 Å². The van der Waals surface area contributed by atoms with Crippen LogP contribution in [0.2, 0.25) is 5.02 Å². The lowest BCUT2D eigenvalue weighted by molar-refractivity contribution is 0.0614. The van der Waals surface area contributed by atoms with Gasteiger partial charge in [0.1, 0.15) is 12.0 Å². The number of hydrogen-bond acceptors (Lipinski definition) is 5. The van der Waals surface area contributed by atoms with Crippen LogP contribution in [0.25, 0.3) is 22.6 Å². The molecule has 1 N–H and O–H groups in total. The summed E-state index contributed by atoms with van der Waals surface area (Å²) >= 11 is 5.99. The van der Waals surface area contributed by atoms with Crippen molar-refractivity contribution in [3.8, 4) is 22.6 Å². The Morgan fingerprint density at radius 1 is 1.11 bits per heavy atom. The standard InChI is InChI=1S/C20H18ClFN4O/c21-15-5-3-13(4-6-15)17-10-19(26-9-7-18(27)16(22)12-26)25-20(24-17)14-2-1-8-23-11-14/h1-6,8,10-11,16,18,27H,7,9,12H2/t16-,18-/m0/s1. The fraction of sp³-hybridized carbons (Fsp3) is 0.250. The molecule has 0 saturated carbocycles. The second-order valence-electron chi connectivity index (χ2n) is 6.50. The van der Waals surface area contributed by atoms with E-state index in [1.165, 1.54) is 0 Å². The molecular formula is C20H18ClFN4O. The highest BCUT2D eigenvalue weighted by molar-refractivity contribution is 6.30. The number of alkyl halides is 1. The van der Waals surface area contributed by atoms with Crippen LogP contribution in [0.3, 0.4) is 0 Å². The van der Waals surface area contributed by atoms with E-state index in [9.17, 15) is 9.50 Å². The Bertz CT molecular complexity index is 923. The summed E-state index contributed by atoms with van der Waals surface area (Å²) in [4.78, 5) is 15.3. The van der Waals surface area contributed by atoms with Gasteiger partial charge in [-0.05, 0) is 30.7 Å². The zero-order valence-corrected chi connectivity index (χ0v) is 15.2. The van der Waals surface area contributed by atoms with Crippen LogP contribution in [0.4, 0.5) is 10.2 Å². The molecule has 1 aliphatic heterocycles. The van der Waals surface area contributed by atoms with Gasteiger partial charge in [0.25, 0.3) is 0 Å².